The summed E-state index contributed by atoms with van der Waals surface area (Å²) in [5, 5.41) is 18.7. The molecule has 2 aromatic heterocycles. The summed E-state index contributed by atoms with van der Waals surface area (Å²) in [6.45, 7) is 3.70. The highest BCUT2D eigenvalue weighted by Crippen LogP contribution is 2.43. The molecule has 0 fully saturated rings. The number of halogens is 1. The molecule has 1 aromatic carbocycles. The quantitative estimate of drug-likeness (QED) is 0.727. The van der Waals surface area contributed by atoms with Gasteiger partial charge in [-0.2, -0.15) is 0 Å². The standard InChI is InChI=1S/C19H16ClN3O2/c1-10-16(11(2)25-23-10)18-17(12-5-7-21-8-6-12)14-9-13(20)3-4-15(14)22-19(18)24/h3-9,19,22,24H,1-2H3. The van der Waals surface area contributed by atoms with Gasteiger partial charge < -0.3 is 14.9 Å². The Morgan fingerprint density at radius 2 is 1.92 bits per heavy atom. The van der Waals surface area contributed by atoms with Crippen molar-refractivity contribution in [2.45, 2.75) is 20.1 Å². The predicted octanol–water partition coefficient (Wildman–Crippen LogP) is 4.04. The van der Waals surface area contributed by atoms with Gasteiger partial charge in [0, 0.05) is 39.8 Å². The summed E-state index contributed by atoms with van der Waals surface area (Å²) in [4.78, 5) is 4.10. The molecule has 126 valence electrons. The summed E-state index contributed by atoms with van der Waals surface area (Å²) >= 11 is 6.24. The number of aromatic nitrogens is 2. The molecule has 2 N–H and O–H groups in total. The van der Waals surface area contributed by atoms with Crippen LogP contribution < -0.4 is 5.32 Å². The molecule has 0 saturated carbocycles. The number of anilines is 1. The van der Waals surface area contributed by atoms with Crippen LogP contribution in [-0.4, -0.2) is 21.5 Å². The Labute approximate surface area is 150 Å². The Hall–Kier alpha value is -2.63. The highest BCUT2D eigenvalue weighted by atomic mass is 35.5. The van der Waals surface area contributed by atoms with E-state index in [4.69, 9.17) is 16.1 Å². The van der Waals surface area contributed by atoms with Gasteiger partial charge in [-0.3, -0.25) is 4.98 Å². The van der Waals surface area contributed by atoms with E-state index in [-0.39, 0.29) is 0 Å². The number of aliphatic hydroxyl groups excluding tert-OH is 1. The predicted molar refractivity (Wildman–Crippen MR) is 97.2 cm³/mol. The van der Waals surface area contributed by atoms with Gasteiger partial charge in [0.05, 0.1) is 5.69 Å². The monoisotopic (exact) mass is 353 g/mol. The van der Waals surface area contributed by atoms with Crippen molar-refractivity contribution in [1.29, 1.82) is 0 Å². The fourth-order valence-corrected chi connectivity index (χ4v) is 3.48. The van der Waals surface area contributed by atoms with Crippen LogP contribution in [0.25, 0.3) is 11.1 Å². The van der Waals surface area contributed by atoms with Gasteiger partial charge in [-0.15, -0.1) is 0 Å². The molecule has 0 amide bonds. The minimum atomic E-state index is -0.895. The van der Waals surface area contributed by atoms with Gasteiger partial charge in [-0.1, -0.05) is 16.8 Å². The second-order valence-corrected chi connectivity index (χ2v) is 6.40. The molecule has 1 aliphatic rings. The van der Waals surface area contributed by atoms with E-state index >= 15 is 0 Å². The first-order valence-corrected chi connectivity index (χ1v) is 8.26. The van der Waals surface area contributed by atoms with Crippen molar-refractivity contribution < 1.29 is 9.63 Å². The van der Waals surface area contributed by atoms with Gasteiger partial charge in [0.25, 0.3) is 0 Å². The van der Waals surface area contributed by atoms with Gasteiger partial charge in [-0.05, 0) is 55.3 Å². The largest absolute Gasteiger partial charge is 0.369 e. The number of hydrogen-bond donors (Lipinski definition) is 2. The normalized spacial score (nSPS) is 16.6. The summed E-state index contributed by atoms with van der Waals surface area (Å²) in [6, 6.07) is 9.38. The van der Waals surface area contributed by atoms with Crippen LogP contribution in [0.15, 0.2) is 47.2 Å². The molecule has 4 rings (SSSR count). The molecule has 3 aromatic rings. The number of benzene rings is 1. The summed E-state index contributed by atoms with van der Waals surface area (Å²) in [7, 11) is 0. The van der Waals surface area contributed by atoms with E-state index in [0.717, 1.165) is 39.2 Å². The molecule has 25 heavy (non-hydrogen) atoms. The number of nitrogens with zero attached hydrogens (tertiary/aromatic N) is 2. The van der Waals surface area contributed by atoms with Gasteiger partial charge in [-0.25, -0.2) is 0 Å². The lowest BCUT2D eigenvalue weighted by atomic mass is 9.85. The number of aryl methyl sites for hydroxylation is 2. The molecule has 0 aliphatic carbocycles. The number of nitrogens with one attached hydrogen (secondary N) is 1. The fourth-order valence-electron chi connectivity index (χ4n) is 3.31. The van der Waals surface area contributed by atoms with Gasteiger partial charge in [0.15, 0.2) is 6.23 Å². The molecule has 0 spiro atoms. The van der Waals surface area contributed by atoms with E-state index in [0.29, 0.717) is 10.8 Å². The lowest BCUT2D eigenvalue weighted by Crippen LogP contribution is -2.26. The highest BCUT2D eigenvalue weighted by Gasteiger charge is 2.31. The Morgan fingerprint density at radius 3 is 2.60 bits per heavy atom. The third-order valence-electron chi connectivity index (χ3n) is 4.36. The summed E-state index contributed by atoms with van der Waals surface area (Å²) in [6.07, 6.45) is 2.56. The lowest BCUT2D eigenvalue weighted by molar-refractivity contribution is 0.260. The van der Waals surface area contributed by atoms with Crippen LogP contribution >= 0.6 is 11.6 Å². The number of hydrogen-bond acceptors (Lipinski definition) is 5. The third kappa shape index (κ3) is 2.62. The van der Waals surface area contributed by atoms with Gasteiger partial charge >= 0.3 is 0 Å². The molecular weight excluding hydrogens is 338 g/mol. The van der Waals surface area contributed by atoms with Gasteiger partial charge in [0.1, 0.15) is 5.76 Å². The van der Waals surface area contributed by atoms with Crippen molar-refractivity contribution in [2.24, 2.45) is 0 Å². The fraction of sp³-hybridized carbons (Fsp3) is 0.158. The minimum Gasteiger partial charge on any atom is -0.369 e. The molecule has 1 unspecified atom stereocenters. The van der Waals surface area contributed by atoms with E-state index < -0.39 is 6.23 Å². The minimum absolute atomic E-state index is 0.626. The smallest absolute Gasteiger partial charge is 0.152 e. The van der Waals surface area contributed by atoms with Crippen LogP contribution in [0.1, 0.15) is 28.1 Å². The van der Waals surface area contributed by atoms with Crippen LogP contribution in [0.5, 0.6) is 0 Å². The maximum atomic E-state index is 10.9. The average molecular weight is 354 g/mol. The van der Waals surface area contributed by atoms with Crippen molar-refractivity contribution in [1.82, 2.24) is 10.1 Å². The van der Waals surface area contributed by atoms with Crippen molar-refractivity contribution in [3.05, 3.63) is 75.9 Å². The van der Waals surface area contributed by atoms with E-state index in [1.54, 1.807) is 18.5 Å². The van der Waals surface area contributed by atoms with Crippen LogP contribution in [0.3, 0.4) is 0 Å². The first-order valence-electron chi connectivity index (χ1n) is 7.88. The molecule has 0 radical (unpaired) electrons. The van der Waals surface area contributed by atoms with Crippen LogP contribution in [0.4, 0.5) is 5.69 Å². The van der Waals surface area contributed by atoms with E-state index in [2.05, 4.69) is 15.5 Å². The number of rotatable bonds is 2. The topological polar surface area (TPSA) is 71.2 Å². The zero-order valence-electron chi connectivity index (χ0n) is 13.7. The van der Waals surface area contributed by atoms with Crippen molar-refractivity contribution >= 4 is 28.4 Å². The highest BCUT2D eigenvalue weighted by molar-refractivity contribution is 6.31. The molecule has 0 bridgehead atoms. The first kappa shape index (κ1) is 15.9. The molecule has 0 saturated heterocycles. The van der Waals surface area contributed by atoms with Crippen molar-refractivity contribution in [2.75, 3.05) is 5.32 Å². The van der Waals surface area contributed by atoms with E-state index in [1.165, 1.54) is 0 Å². The Kier molecular flexibility index (Phi) is 3.82. The third-order valence-corrected chi connectivity index (χ3v) is 4.59. The Bertz CT molecular complexity index is 960. The molecule has 3 heterocycles. The Balaban J connectivity index is 2.10. The molecule has 1 aliphatic heterocycles. The first-order chi connectivity index (χ1) is 12.1. The van der Waals surface area contributed by atoms with Crippen LogP contribution in [0, 0.1) is 13.8 Å². The molecule has 6 heteroatoms. The number of pyridine rings is 1. The van der Waals surface area contributed by atoms with Gasteiger partial charge in [0.2, 0.25) is 0 Å². The van der Waals surface area contributed by atoms with Crippen LogP contribution in [-0.2, 0) is 0 Å². The van der Waals surface area contributed by atoms with Crippen molar-refractivity contribution in [3.8, 4) is 0 Å². The molecule has 5 nitrogen and oxygen atoms in total. The summed E-state index contributed by atoms with van der Waals surface area (Å²) in [5.41, 5.74) is 5.81. The average Bonchev–Trinajstić information content (AvgIpc) is 2.93. The van der Waals surface area contributed by atoms with Crippen molar-refractivity contribution in [3.63, 3.8) is 0 Å². The Morgan fingerprint density at radius 1 is 1.16 bits per heavy atom. The number of aliphatic hydroxyl groups is 1. The SMILES string of the molecule is Cc1noc(C)c1C1=C(c2ccncc2)c2cc(Cl)ccc2NC1O. The summed E-state index contributed by atoms with van der Waals surface area (Å²) < 4.78 is 5.33. The zero-order valence-corrected chi connectivity index (χ0v) is 14.5. The number of fused-ring (bicyclic) bond motifs is 1. The second-order valence-electron chi connectivity index (χ2n) is 5.96. The molecular formula is C19H16ClN3O2. The maximum absolute atomic E-state index is 10.9. The summed E-state index contributed by atoms with van der Waals surface area (Å²) in [5.74, 6) is 0.658. The lowest BCUT2D eigenvalue weighted by Gasteiger charge is -2.29. The van der Waals surface area contributed by atoms with Crippen LogP contribution in [0.2, 0.25) is 5.02 Å². The second kappa shape index (κ2) is 6.02. The zero-order chi connectivity index (χ0) is 17.6. The maximum Gasteiger partial charge on any atom is 0.152 e. The molecule has 1 atom stereocenters. The van der Waals surface area contributed by atoms with E-state index in [9.17, 15) is 5.11 Å². The van der Waals surface area contributed by atoms with E-state index in [1.807, 2.05) is 38.1 Å².